The molecule has 0 saturated carbocycles. The van der Waals surface area contributed by atoms with E-state index in [-0.39, 0.29) is 5.92 Å². The highest BCUT2D eigenvalue weighted by Gasteiger charge is 2.28. The number of sulfonamides is 1. The molecule has 0 bridgehead atoms. The Hall–Kier alpha value is -1.48. The van der Waals surface area contributed by atoms with Crippen molar-refractivity contribution in [3.8, 4) is 0 Å². The maximum Gasteiger partial charge on any atom is 0.410 e. The van der Waals surface area contributed by atoms with Gasteiger partial charge >= 0.3 is 5.82 Å². The molecule has 0 aliphatic heterocycles. The lowest BCUT2D eigenvalue weighted by atomic mass is 10.1. The summed E-state index contributed by atoms with van der Waals surface area (Å²) in [6.45, 7) is 4.31. The molecule has 0 spiro atoms. The summed E-state index contributed by atoms with van der Waals surface area (Å²) in [4.78, 5) is 9.24. The van der Waals surface area contributed by atoms with Crippen LogP contribution in [-0.2, 0) is 16.6 Å². The Kier molecular flexibility index (Phi) is 3.83. The topological polar surface area (TPSA) is 121 Å². The molecule has 2 N–H and O–H groups in total. The molecule has 0 fully saturated rings. The molecule has 0 aliphatic rings. The molecule has 1 atom stereocenters. The van der Waals surface area contributed by atoms with Gasteiger partial charge in [-0.25, -0.2) is 13.6 Å². The quantitative estimate of drug-likeness (QED) is 0.611. The van der Waals surface area contributed by atoms with Gasteiger partial charge in [-0.2, -0.15) is 4.68 Å². The van der Waals surface area contributed by atoms with E-state index in [1.807, 2.05) is 13.8 Å². The summed E-state index contributed by atoms with van der Waals surface area (Å²) in [6.07, 6.45) is 1.96. The van der Waals surface area contributed by atoms with Gasteiger partial charge in [0.2, 0.25) is 14.9 Å². The van der Waals surface area contributed by atoms with Crippen molar-refractivity contribution in [3.63, 3.8) is 0 Å². The predicted molar refractivity (Wildman–Crippen MR) is 59.7 cm³/mol. The Bertz CT molecular complexity index is 522. The highest BCUT2D eigenvalue weighted by molar-refractivity contribution is 7.89. The van der Waals surface area contributed by atoms with Crippen molar-refractivity contribution in [2.75, 3.05) is 0 Å². The highest BCUT2D eigenvalue weighted by atomic mass is 32.2. The Morgan fingerprint density at radius 3 is 2.59 bits per heavy atom. The first kappa shape index (κ1) is 13.6. The largest absolute Gasteiger partial charge is 0.410 e. The fraction of sp³-hybridized carbons (Fsp3) is 0.625. The minimum absolute atomic E-state index is 0.239. The summed E-state index contributed by atoms with van der Waals surface area (Å²) < 4.78 is 23.5. The van der Waals surface area contributed by atoms with Gasteiger partial charge in [0.15, 0.2) is 0 Å². The number of nitrogens with two attached hydrogens (primary N) is 1. The zero-order valence-corrected chi connectivity index (χ0v) is 10.3. The van der Waals surface area contributed by atoms with Crippen LogP contribution < -0.4 is 5.14 Å². The van der Waals surface area contributed by atoms with Crippen LogP contribution in [0.2, 0.25) is 0 Å². The number of rotatable bonds is 5. The summed E-state index contributed by atoms with van der Waals surface area (Å²) in [6, 6.07) is 0. The van der Waals surface area contributed by atoms with Crippen molar-refractivity contribution >= 4 is 15.8 Å². The molecule has 96 valence electrons. The van der Waals surface area contributed by atoms with Crippen molar-refractivity contribution in [1.29, 1.82) is 0 Å². The van der Waals surface area contributed by atoms with Gasteiger partial charge in [0.25, 0.3) is 0 Å². The van der Waals surface area contributed by atoms with Crippen LogP contribution >= 0.6 is 0 Å². The second-order valence-corrected chi connectivity index (χ2v) is 5.38. The molecular formula is C8H14N4O4S. The molecule has 17 heavy (non-hydrogen) atoms. The zero-order valence-electron chi connectivity index (χ0n) is 9.53. The molecular weight excluding hydrogens is 248 g/mol. The highest BCUT2D eigenvalue weighted by Crippen LogP contribution is 2.20. The maximum absolute atomic E-state index is 11.1. The lowest BCUT2D eigenvalue weighted by Crippen LogP contribution is -2.13. The van der Waals surface area contributed by atoms with Gasteiger partial charge < -0.3 is 10.1 Å². The summed E-state index contributed by atoms with van der Waals surface area (Å²) in [7, 11) is -4.13. The van der Waals surface area contributed by atoms with Crippen LogP contribution in [-0.4, -0.2) is 23.1 Å². The standard InChI is InChI=1S/C8H14N4O4S/c1-3-6(2)4-11-5-7(17(9,15)16)8(10-11)12(13)14/h5-6H,3-4H2,1-2H3,(H2,9,15,16). The van der Waals surface area contributed by atoms with Crippen LogP contribution in [0.4, 0.5) is 5.82 Å². The van der Waals surface area contributed by atoms with E-state index in [4.69, 9.17) is 5.14 Å². The maximum atomic E-state index is 11.1. The van der Waals surface area contributed by atoms with E-state index in [1.165, 1.54) is 4.68 Å². The zero-order chi connectivity index (χ0) is 13.2. The van der Waals surface area contributed by atoms with Crippen LogP contribution in [0.15, 0.2) is 11.1 Å². The number of primary sulfonamides is 1. The van der Waals surface area contributed by atoms with Crippen LogP contribution in [0.1, 0.15) is 20.3 Å². The lowest BCUT2D eigenvalue weighted by molar-refractivity contribution is -0.392. The molecule has 0 saturated heterocycles. The Morgan fingerprint density at radius 1 is 1.65 bits per heavy atom. The smallest absolute Gasteiger partial charge is 0.358 e. The van der Waals surface area contributed by atoms with Gasteiger partial charge in [-0.1, -0.05) is 20.3 Å². The average molecular weight is 262 g/mol. The van der Waals surface area contributed by atoms with Crippen molar-refractivity contribution in [3.05, 3.63) is 16.3 Å². The molecule has 1 aromatic heterocycles. The monoisotopic (exact) mass is 262 g/mol. The first-order valence-electron chi connectivity index (χ1n) is 5.00. The third-order valence-corrected chi connectivity index (χ3v) is 3.29. The fourth-order valence-electron chi connectivity index (χ4n) is 1.26. The van der Waals surface area contributed by atoms with E-state index in [2.05, 4.69) is 5.10 Å². The summed E-state index contributed by atoms with van der Waals surface area (Å²) >= 11 is 0. The second-order valence-electron chi connectivity index (χ2n) is 3.85. The molecule has 8 nitrogen and oxygen atoms in total. The number of aromatic nitrogens is 2. The van der Waals surface area contributed by atoms with Crippen molar-refractivity contribution in [2.24, 2.45) is 11.1 Å². The first-order valence-corrected chi connectivity index (χ1v) is 6.55. The van der Waals surface area contributed by atoms with Gasteiger partial charge in [0.1, 0.15) is 0 Å². The Balaban J connectivity index is 3.18. The molecule has 0 amide bonds. The summed E-state index contributed by atoms with van der Waals surface area (Å²) in [5.74, 6) is -0.487. The number of hydrogen-bond donors (Lipinski definition) is 1. The Labute approximate surface area is 98.6 Å². The van der Waals surface area contributed by atoms with E-state index in [1.54, 1.807) is 0 Å². The minimum Gasteiger partial charge on any atom is -0.358 e. The third kappa shape index (κ3) is 3.24. The van der Waals surface area contributed by atoms with Crippen LogP contribution in [0, 0.1) is 16.0 Å². The van der Waals surface area contributed by atoms with Crippen molar-refractivity contribution < 1.29 is 13.3 Å². The van der Waals surface area contributed by atoms with Crippen molar-refractivity contribution in [1.82, 2.24) is 9.78 Å². The van der Waals surface area contributed by atoms with E-state index in [0.717, 1.165) is 12.6 Å². The third-order valence-electron chi connectivity index (χ3n) is 2.38. The molecule has 0 radical (unpaired) electrons. The van der Waals surface area contributed by atoms with Gasteiger partial charge in [0, 0.05) is 0 Å². The van der Waals surface area contributed by atoms with Crippen LogP contribution in [0.5, 0.6) is 0 Å². The first-order chi connectivity index (χ1) is 7.75. The number of hydrogen-bond acceptors (Lipinski definition) is 5. The van der Waals surface area contributed by atoms with Crippen LogP contribution in [0.3, 0.4) is 0 Å². The molecule has 1 heterocycles. The number of nitrogens with zero attached hydrogens (tertiary/aromatic N) is 3. The minimum atomic E-state index is -4.13. The van der Waals surface area contributed by atoms with Crippen LogP contribution in [0.25, 0.3) is 0 Å². The summed E-state index contributed by atoms with van der Waals surface area (Å²) in [5.41, 5.74) is 0. The normalized spacial score (nSPS) is 13.6. The SMILES string of the molecule is CCC(C)Cn1cc(S(N)(=O)=O)c([N+](=O)[O-])n1. The molecule has 1 unspecified atom stereocenters. The molecule has 0 aromatic carbocycles. The van der Waals surface area contributed by atoms with E-state index < -0.39 is 25.7 Å². The Morgan fingerprint density at radius 2 is 2.24 bits per heavy atom. The molecule has 9 heteroatoms. The molecule has 1 rings (SSSR count). The van der Waals surface area contributed by atoms with Gasteiger partial charge in [-0.3, -0.25) is 0 Å². The molecule has 0 aliphatic carbocycles. The van der Waals surface area contributed by atoms with E-state index in [9.17, 15) is 18.5 Å². The predicted octanol–water partition coefficient (Wildman–Crippen LogP) is 0.485. The lowest BCUT2D eigenvalue weighted by Gasteiger charge is -2.03. The van der Waals surface area contributed by atoms with Gasteiger partial charge in [0.05, 0.1) is 17.8 Å². The van der Waals surface area contributed by atoms with E-state index >= 15 is 0 Å². The van der Waals surface area contributed by atoms with Crippen molar-refractivity contribution in [2.45, 2.75) is 31.7 Å². The number of nitro groups is 1. The second kappa shape index (κ2) is 4.80. The van der Waals surface area contributed by atoms with Gasteiger partial charge in [-0.05, 0) is 10.8 Å². The fourth-order valence-corrected chi connectivity index (χ4v) is 1.90. The summed E-state index contributed by atoms with van der Waals surface area (Å²) in [5, 5.41) is 19.2. The molecule has 1 aromatic rings. The van der Waals surface area contributed by atoms with E-state index in [0.29, 0.717) is 6.54 Å². The average Bonchev–Trinajstić information content (AvgIpc) is 2.61. The van der Waals surface area contributed by atoms with Gasteiger partial charge in [-0.15, -0.1) is 0 Å².